The van der Waals surface area contributed by atoms with E-state index in [0.717, 1.165) is 32.1 Å². The van der Waals surface area contributed by atoms with Crippen molar-refractivity contribution in [3.8, 4) is 0 Å². The molecular formula is C17H29NO4. The molecule has 0 aromatic rings. The molecule has 2 rings (SSSR count). The molecule has 0 radical (unpaired) electrons. The summed E-state index contributed by atoms with van der Waals surface area (Å²) in [6.45, 7) is 3.19. The third-order valence-electron chi connectivity index (χ3n) is 5.46. The second-order valence-electron chi connectivity index (χ2n) is 7.32. The van der Waals surface area contributed by atoms with Gasteiger partial charge in [0.15, 0.2) is 0 Å². The first-order chi connectivity index (χ1) is 10.4. The second-order valence-corrected chi connectivity index (χ2v) is 7.32. The van der Waals surface area contributed by atoms with Crippen LogP contribution in [0.4, 0.5) is 0 Å². The maximum Gasteiger partial charge on any atom is 0.313 e. The van der Waals surface area contributed by atoms with Crippen LogP contribution in [0.2, 0.25) is 0 Å². The van der Waals surface area contributed by atoms with Crippen LogP contribution < -0.4 is 0 Å². The standard InChI is InChI=1S/C17H29NO4/c1-16(8-5-3-4-6-9-16)14(19)18-11-7-10-17(12-18,13-22-2)15(20)21/h3-13H2,1-2H3,(H,20,21). The van der Waals surface area contributed by atoms with E-state index in [1.54, 1.807) is 4.90 Å². The molecule has 2 fully saturated rings. The van der Waals surface area contributed by atoms with Gasteiger partial charge in [0.1, 0.15) is 5.41 Å². The van der Waals surface area contributed by atoms with Gasteiger partial charge in [-0.15, -0.1) is 0 Å². The Morgan fingerprint density at radius 3 is 2.27 bits per heavy atom. The highest BCUT2D eigenvalue weighted by Gasteiger charge is 2.46. The highest BCUT2D eigenvalue weighted by Crippen LogP contribution is 2.39. The molecule has 1 atom stereocenters. The lowest BCUT2D eigenvalue weighted by atomic mass is 9.77. The summed E-state index contributed by atoms with van der Waals surface area (Å²) in [7, 11) is 1.53. The number of rotatable bonds is 4. The van der Waals surface area contributed by atoms with Gasteiger partial charge in [0.25, 0.3) is 0 Å². The molecule has 1 saturated carbocycles. The molecule has 126 valence electrons. The lowest BCUT2D eigenvalue weighted by Gasteiger charge is -2.43. The molecular weight excluding hydrogens is 282 g/mol. The van der Waals surface area contributed by atoms with Crippen LogP contribution >= 0.6 is 0 Å². The van der Waals surface area contributed by atoms with Crippen molar-refractivity contribution in [3.63, 3.8) is 0 Å². The van der Waals surface area contributed by atoms with Crippen molar-refractivity contribution in [3.05, 3.63) is 0 Å². The molecule has 0 aromatic heterocycles. The van der Waals surface area contributed by atoms with E-state index in [9.17, 15) is 14.7 Å². The number of nitrogens with zero attached hydrogens (tertiary/aromatic N) is 1. The first kappa shape index (κ1) is 17.3. The van der Waals surface area contributed by atoms with Crippen molar-refractivity contribution in [1.82, 2.24) is 4.90 Å². The van der Waals surface area contributed by atoms with Gasteiger partial charge in [0, 0.05) is 25.6 Å². The molecule has 5 heteroatoms. The average molecular weight is 311 g/mol. The lowest BCUT2D eigenvalue weighted by Crippen LogP contribution is -2.55. The highest BCUT2D eigenvalue weighted by molar-refractivity contribution is 5.84. The van der Waals surface area contributed by atoms with Gasteiger partial charge in [0.2, 0.25) is 5.91 Å². The zero-order valence-corrected chi connectivity index (χ0v) is 13.9. The molecule has 2 aliphatic rings. The Morgan fingerprint density at radius 1 is 1.09 bits per heavy atom. The van der Waals surface area contributed by atoms with Crippen molar-refractivity contribution in [2.45, 2.75) is 58.3 Å². The van der Waals surface area contributed by atoms with E-state index in [0.29, 0.717) is 13.0 Å². The minimum Gasteiger partial charge on any atom is -0.481 e. The molecule has 1 heterocycles. The Kier molecular flexibility index (Phi) is 5.48. The fourth-order valence-electron chi connectivity index (χ4n) is 4.04. The predicted octanol–water partition coefficient (Wildman–Crippen LogP) is 2.69. The van der Waals surface area contributed by atoms with Crippen molar-refractivity contribution < 1.29 is 19.4 Å². The first-order valence-electron chi connectivity index (χ1n) is 8.45. The minimum atomic E-state index is -0.941. The van der Waals surface area contributed by atoms with Crippen LogP contribution in [-0.4, -0.2) is 48.7 Å². The SMILES string of the molecule is COCC1(C(=O)O)CCCN(C(=O)C2(C)CCCCCC2)C1. The fraction of sp³-hybridized carbons (Fsp3) is 0.882. The summed E-state index contributed by atoms with van der Waals surface area (Å²) < 4.78 is 5.15. The number of amides is 1. The van der Waals surface area contributed by atoms with Gasteiger partial charge in [-0.1, -0.05) is 32.6 Å². The van der Waals surface area contributed by atoms with Crippen LogP contribution in [0, 0.1) is 10.8 Å². The van der Waals surface area contributed by atoms with E-state index in [4.69, 9.17) is 4.74 Å². The topological polar surface area (TPSA) is 66.8 Å². The number of piperidine rings is 1. The number of likely N-dealkylation sites (tertiary alicyclic amines) is 1. The van der Waals surface area contributed by atoms with E-state index < -0.39 is 11.4 Å². The Bertz CT molecular complexity index is 411. The summed E-state index contributed by atoms with van der Waals surface area (Å²) in [4.78, 5) is 26.6. The maximum absolute atomic E-state index is 13.0. The number of hydrogen-bond acceptors (Lipinski definition) is 3. The van der Waals surface area contributed by atoms with Crippen LogP contribution in [0.3, 0.4) is 0 Å². The van der Waals surface area contributed by atoms with E-state index in [2.05, 4.69) is 6.92 Å². The van der Waals surface area contributed by atoms with Crippen LogP contribution in [0.1, 0.15) is 58.3 Å². The third kappa shape index (κ3) is 3.45. The fourth-order valence-corrected chi connectivity index (χ4v) is 4.04. The zero-order chi connectivity index (χ0) is 16.2. The number of ether oxygens (including phenoxy) is 1. The number of carboxylic acids is 1. The number of carbonyl (C=O) groups excluding carboxylic acids is 1. The molecule has 0 spiro atoms. The molecule has 1 aliphatic heterocycles. The Balaban J connectivity index is 2.13. The highest BCUT2D eigenvalue weighted by atomic mass is 16.5. The van der Waals surface area contributed by atoms with Crippen LogP contribution in [0.5, 0.6) is 0 Å². The zero-order valence-electron chi connectivity index (χ0n) is 13.9. The number of methoxy groups -OCH3 is 1. The Labute approximate surface area is 133 Å². The quantitative estimate of drug-likeness (QED) is 0.811. The average Bonchev–Trinajstić information content (AvgIpc) is 2.72. The number of hydrogen-bond donors (Lipinski definition) is 1. The summed E-state index contributed by atoms with van der Waals surface area (Å²) >= 11 is 0. The molecule has 5 nitrogen and oxygen atoms in total. The summed E-state index contributed by atoms with van der Waals surface area (Å²) in [5, 5.41) is 9.62. The minimum absolute atomic E-state index is 0.149. The van der Waals surface area contributed by atoms with Gasteiger partial charge in [-0.05, 0) is 25.7 Å². The van der Waals surface area contributed by atoms with Gasteiger partial charge < -0.3 is 14.7 Å². The van der Waals surface area contributed by atoms with Crippen molar-refractivity contribution >= 4 is 11.9 Å². The summed E-state index contributed by atoms with van der Waals surface area (Å²) in [5.41, 5.74) is -1.26. The molecule has 1 unspecified atom stereocenters. The third-order valence-corrected chi connectivity index (χ3v) is 5.46. The molecule has 1 amide bonds. The smallest absolute Gasteiger partial charge is 0.313 e. The number of carbonyl (C=O) groups is 2. The Hall–Kier alpha value is -1.10. The first-order valence-corrected chi connectivity index (χ1v) is 8.45. The molecule has 0 bridgehead atoms. The van der Waals surface area contributed by atoms with Gasteiger partial charge in [-0.2, -0.15) is 0 Å². The largest absolute Gasteiger partial charge is 0.481 e. The summed E-state index contributed by atoms with van der Waals surface area (Å²) in [5.74, 6) is -0.700. The van der Waals surface area contributed by atoms with Gasteiger partial charge in [-0.25, -0.2) is 0 Å². The van der Waals surface area contributed by atoms with E-state index in [1.165, 1.54) is 20.0 Å². The molecule has 0 aromatic carbocycles. The predicted molar refractivity (Wildman–Crippen MR) is 83.6 cm³/mol. The van der Waals surface area contributed by atoms with Gasteiger partial charge in [0.05, 0.1) is 6.61 Å². The maximum atomic E-state index is 13.0. The monoisotopic (exact) mass is 311 g/mol. The summed E-state index contributed by atoms with van der Waals surface area (Å²) in [6.07, 6.45) is 7.75. The Morgan fingerprint density at radius 2 is 1.73 bits per heavy atom. The van der Waals surface area contributed by atoms with E-state index >= 15 is 0 Å². The molecule has 1 aliphatic carbocycles. The van der Waals surface area contributed by atoms with Crippen molar-refractivity contribution in [2.24, 2.45) is 10.8 Å². The number of aliphatic carboxylic acids is 1. The number of carboxylic acid groups (broad SMARTS) is 1. The molecule has 1 N–H and O–H groups in total. The second kappa shape index (κ2) is 6.99. The van der Waals surface area contributed by atoms with Gasteiger partial charge >= 0.3 is 5.97 Å². The van der Waals surface area contributed by atoms with Gasteiger partial charge in [-0.3, -0.25) is 9.59 Å². The van der Waals surface area contributed by atoms with Crippen LogP contribution in [0.25, 0.3) is 0 Å². The van der Waals surface area contributed by atoms with E-state index in [-0.39, 0.29) is 24.5 Å². The lowest BCUT2D eigenvalue weighted by molar-refractivity contribution is -0.161. The normalized spacial score (nSPS) is 28.9. The summed E-state index contributed by atoms with van der Waals surface area (Å²) in [6, 6.07) is 0. The molecule has 1 saturated heterocycles. The van der Waals surface area contributed by atoms with E-state index in [1.807, 2.05) is 0 Å². The molecule has 22 heavy (non-hydrogen) atoms. The van der Waals surface area contributed by atoms with Crippen LogP contribution in [-0.2, 0) is 14.3 Å². The van der Waals surface area contributed by atoms with Crippen molar-refractivity contribution in [2.75, 3.05) is 26.8 Å². The van der Waals surface area contributed by atoms with Crippen LogP contribution in [0.15, 0.2) is 0 Å². The van der Waals surface area contributed by atoms with Crippen molar-refractivity contribution in [1.29, 1.82) is 0 Å².